The van der Waals surface area contributed by atoms with Crippen molar-refractivity contribution in [1.29, 1.82) is 0 Å². The Morgan fingerprint density at radius 2 is 1.73 bits per heavy atom. The number of hydrogen-bond acceptors (Lipinski definition) is 5. The molecule has 2 fully saturated rings. The van der Waals surface area contributed by atoms with E-state index in [-0.39, 0.29) is 5.91 Å². The number of anilines is 1. The van der Waals surface area contributed by atoms with Crippen molar-refractivity contribution in [3.63, 3.8) is 0 Å². The number of carbonyl (C=O) groups excluding carboxylic acids is 1. The number of carboxylic acid groups (broad SMARTS) is 1. The van der Waals surface area contributed by atoms with Crippen LogP contribution < -0.4 is 9.64 Å². The highest BCUT2D eigenvalue weighted by Gasteiger charge is 2.54. The summed E-state index contributed by atoms with van der Waals surface area (Å²) < 4.78 is 11.0. The topological polar surface area (TPSA) is 79.3 Å². The number of benzene rings is 1. The summed E-state index contributed by atoms with van der Waals surface area (Å²) in [6.45, 7) is 2.48. The Bertz CT molecular complexity index is 741. The SMILES string of the molecule is COc1ccccc1N1CCN(C(=O)[C@@H]2[C@@H](C(=O)O)[C@@H]3C=C[C@@H]2O3)CC1. The van der Waals surface area contributed by atoms with E-state index in [2.05, 4.69) is 4.90 Å². The summed E-state index contributed by atoms with van der Waals surface area (Å²) >= 11 is 0. The number of carboxylic acids is 1. The van der Waals surface area contributed by atoms with Crippen LogP contribution in [0.1, 0.15) is 0 Å². The summed E-state index contributed by atoms with van der Waals surface area (Å²) in [4.78, 5) is 28.5. The Balaban J connectivity index is 1.44. The Hall–Kier alpha value is -2.54. The molecule has 4 rings (SSSR count). The van der Waals surface area contributed by atoms with E-state index in [4.69, 9.17) is 9.47 Å². The van der Waals surface area contributed by atoms with Crippen LogP contribution in [0.15, 0.2) is 36.4 Å². The molecule has 2 saturated heterocycles. The monoisotopic (exact) mass is 358 g/mol. The molecule has 1 N–H and O–H groups in total. The van der Waals surface area contributed by atoms with Gasteiger partial charge in [-0.3, -0.25) is 9.59 Å². The van der Waals surface area contributed by atoms with E-state index >= 15 is 0 Å². The van der Waals surface area contributed by atoms with Crippen LogP contribution >= 0.6 is 0 Å². The second kappa shape index (κ2) is 6.64. The van der Waals surface area contributed by atoms with Crippen molar-refractivity contribution in [1.82, 2.24) is 4.90 Å². The van der Waals surface area contributed by atoms with Crippen LogP contribution in [0.25, 0.3) is 0 Å². The highest BCUT2D eigenvalue weighted by molar-refractivity contribution is 5.87. The molecule has 1 amide bonds. The van der Waals surface area contributed by atoms with Crippen LogP contribution in [0.4, 0.5) is 5.69 Å². The fourth-order valence-electron chi connectivity index (χ4n) is 4.17. The van der Waals surface area contributed by atoms with E-state index < -0.39 is 30.0 Å². The van der Waals surface area contributed by atoms with Crippen LogP contribution in [0.3, 0.4) is 0 Å². The van der Waals surface area contributed by atoms with Crippen molar-refractivity contribution in [3.05, 3.63) is 36.4 Å². The molecule has 7 heteroatoms. The quantitative estimate of drug-likeness (QED) is 0.809. The molecule has 26 heavy (non-hydrogen) atoms. The number of fused-ring (bicyclic) bond motifs is 2. The summed E-state index contributed by atoms with van der Waals surface area (Å²) in [5, 5.41) is 9.49. The maximum absolute atomic E-state index is 13.0. The molecule has 0 aromatic heterocycles. The number of methoxy groups -OCH3 is 1. The van der Waals surface area contributed by atoms with Crippen molar-refractivity contribution in [3.8, 4) is 5.75 Å². The highest BCUT2D eigenvalue weighted by atomic mass is 16.5. The Kier molecular flexibility index (Phi) is 4.32. The molecular weight excluding hydrogens is 336 g/mol. The molecule has 0 spiro atoms. The third-order valence-electron chi connectivity index (χ3n) is 5.49. The molecule has 138 valence electrons. The minimum Gasteiger partial charge on any atom is -0.495 e. The third-order valence-corrected chi connectivity index (χ3v) is 5.49. The lowest BCUT2D eigenvalue weighted by Gasteiger charge is -2.38. The smallest absolute Gasteiger partial charge is 0.310 e. The zero-order chi connectivity index (χ0) is 18.3. The van der Waals surface area contributed by atoms with Gasteiger partial charge in [-0.2, -0.15) is 0 Å². The molecule has 0 aliphatic carbocycles. The van der Waals surface area contributed by atoms with Crippen molar-refractivity contribution >= 4 is 17.6 Å². The summed E-state index contributed by atoms with van der Waals surface area (Å²) in [6, 6.07) is 7.82. The summed E-state index contributed by atoms with van der Waals surface area (Å²) in [5.74, 6) is -1.68. The number of piperazine rings is 1. The predicted molar refractivity (Wildman–Crippen MR) is 94.2 cm³/mol. The van der Waals surface area contributed by atoms with Crippen LogP contribution in [0, 0.1) is 11.8 Å². The lowest BCUT2D eigenvalue weighted by Crippen LogP contribution is -2.53. The second-order valence-electron chi connectivity index (χ2n) is 6.82. The molecule has 2 bridgehead atoms. The normalized spacial score (nSPS) is 29.9. The van der Waals surface area contributed by atoms with E-state index in [1.165, 1.54) is 0 Å². The van der Waals surface area contributed by atoms with E-state index in [0.29, 0.717) is 26.2 Å². The van der Waals surface area contributed by atoms with Gasteiger partial charge < -0.3 is 24.4 Å². The van der Waals surface area contributed by atoms with Gasteiger partial charge in [0, 0.05) is 26.2 Å². The molecule has 0 unspecified atom stereocenters. The molecule has 3 heterocycles. The third kappa shape index (κ3) is 2.72. The maximum atomic E-state index is 13.0. The number of aliphatic carboxylic acids is 1. The fourth-order valence-corrected chi connectivity index (χ4v) is 4.17. The average molecular weight is 358 g/mol. The van der Waals surface area contributed by atoms with Crippen molar-refractivity contribution in [2.24, 2.45) is 11.8 Å². The summed E-state index contributed by atoms with van der Waals surface area (Å²) in [7, 11) is 1.65. The lowest BCUT2D eigenvalue weighted by atomic mass is 9.82. The first-order valence-corrected chi connectivity index (χ1v) is 8.83. The van der Waals surface area contributed by atoms with Gasteiger partial charge in [0.05, 0.1) is 30.9 Å². The molecule has 7 nitrogen and oxygen atoms in total. The van der Waals surface area contributed by atoms with Gasteiger partial charge in [-0.05, 0) is 12.1 Å². The minimum absolute atomic E-state index is 0.117. The molecule has 1 aromatic rings. The first kappa shape index (κ1) is 16.9. The van der Waals surface area contributed by atoms with Crippen LogP contribution in [-0.4, -0.2) is 67.4 Å². The van der Waals surface area contributed by atoms with E-state index in [1.807, 2.05) is 30.3 Å². The van der Waals surface area contributed by atoms with Crippen LogP contribution in [0.5, 0.6) is 5.75 Å². The molecule has 0 radical (unpaired) electrons. The molecule has 3 aliphatic heterocycles. The van der Waals surface area contributed by atoms with Gasteiger partial charge in [-0.1, -0.05) is 24.3 Å². The molecule has 4 atom stereocenters. The van der Waals surface area contributed by atoms with Crippen LogP contribution in [-0.2, 0) is 14.3 Å². The minimum atomic E-state index is -0.965. The van der Waals surface area contributed by atoms with Gasteiger partial charge in [-0.15, -0.1) is 0 Å². The highest BCUT2D eigenvalue weighted by Crippen LogP contribution is 2.40. The Labute approximate surface area is 151 Å². The first-order valence-electron chi connectivity index (χ1n) is 8.83. The molecule has 3 aliphatic rings. The maximum Gasteiger partial charge on any atom is 0.310 e. The Morgan fingerprint density at radius 1 is 1.08 bits per heavy atom. The van der Waals surface area contributed by atoms with Gasteiger partial charge >= 0.3 is 5.97 Å². The number of carbonyl (C=O) groups is 2. The number of rotatable bonds is 4. The fraction of sp³-hybridized carbons (Fsp3) is 0.474. The lowest BCUT2D eigenvalue weighted by molar-refractivity contribution is -0.149. The van der Waals surface area contributed by atoms with Crippen LogP contribution in [0.2, 0.25) is 0 Å². The number of amides is 1. The number of nitrogens with zero attached hydrogens (tertiary/aromatic N) is 2. The molecule has 0 saturated carbocycles. The van der Waals surface area contributed by atoms with Gasteiger partial charge in [0.15, 0.2) is 0 Å². The number of ether oxygens (including phenoxy) is 2. The van der Waals surface area contributed by atoms with E-state index in [9.17, 15) is 14.7 Å². The standard InChI is InChI=1S/C19H22N2O5/c1-25-13-5-3-2-4-12(13)20-8-10-21(11-9-20)18(22)16-14-6-7-15(26-14)17(16)19(23)24/h2-7,14-17H,8-11H2,1H3,(H,23,24)/t14-,15-,16-,17-/m0/s1. The number of para-hydroxylation sites is 2. The van der Waals surface area contributed by atoms with E-state index in [1.54, 1.807) is 18.1 Å². The number of hydrogen-bond donors (Lipinski definition) is 1. The first-order chi connectivity index (χ1) is 12.6. The second-order valence-corrected chi connectivity index (χ2v) is 6.82. The van der Waals surface area contributed by atoms with Crippen molar-refractivity contribution in [2.75, 3.05) is 38.2 Å². The van der Waals surface area contributed by atoms with Gasteiger partial charge in [0.2, 0.25) is 5.91 Å². The van der Waals surface area contributed by atoms with Gasteiger partial charge in [-0.25, -0.2) is 0 Å². The zero-order valence-corrected chi connectivity index (χ0v) is 14.6. The summed E-state index contributed by atoms with van der Waals surface area (Å²) in [5.41, 5.74) is 1.01. The zero-order valence-electron chi connectivity index (χ0n) is 14.6. The Morgan fingerprint density at radius 3 is 2.38 bits per heavy atom. The van der Waals surface area contributed by atoms with E-state index in [0.717, 1.165) is 11.4 Å². The molecular formula is C19H22N2O5. The van der Waals surface area contributed by atoms with Gasteiger partial charge in [0.25, 0.3) is 0 Å². The van der Waals surface area contributed by atoms with Crippen molar-refractivity contribution in [2.45, 2.75) is 12.2 Å². The average Bonchev–Trinajstić information content (AvgIpc) is 3.29. The van der Waals surface area contributed by atoms with Gasteiger partial charge in [0.1, 0.15) is 11.7 Å². The molecule has 1 aromatic carbocycles. The van der Waals surface area contributed by atoms with Crippen molar-refractivity contribution < 1.29 is 24.2 Å². The summed E-state index contributed by atoms with van der Waals surface area (Å²) in [6.07, 6.45) is 2.67. The largest absolute Gasteiger partial charge is 0.495 e. The predicted octanol–water partition coefficient (Wildman–Crippen LogP) is 0.998.